The number of aryl methyl sites for hydroxylation is 1. The first-order chi connectivity index (χ1) is 5.59. The molecule has 1 heterocycles. The molecule has 0 fully saturated rings. The molecule has 0 unspecified atom stereocenters. The third-order valence-corrected chi connectivity index (χ3v) is 2.47. The van der Waals surface area contributed by atoms with Crippen LogP contribution in [-0.2, 0) is 4.79 Å². The van der Waals surface area contributed by atoms with E-state index in [1.807, 2.05) is 13.0 Å². The van der Waals surface area contributed by atoms with Crippen molar-refractivity contribution >= 4 is 22.9 Å². The van der Waals surface area contributed by atoms with Crippen LogP contribution < -0.4 is 0 Å². The SMILES string of the molecule is CC(=O)CC(=O)c1ccc(C)s1. The molecule has 0 N–H and O–H groups in total. The van der Waals surface area contributed by atoms with E-state index in [-0.39, 0.29) is 18.0 Å². The maximum Gasteiger partial charge on any atom is 0.180 e. The Hall–Kier alpha value is -0.960. The predicted octanol–water partition coefficient (Wildman–Crippen LogP) is 2.22. The van der Waals surface area contributed by atoms with Crippen molar-refractivity contribution in [3.8, 4) is 0 Å². The zero-order valence-electron chi connectivity index (χ0n) is 7.09. The topological polar surface area (TPSA) is 34.1 Å². The van der Waals surface area contributed by atoms with Crippen LogP contribution in [0.3, 0.4) is 0 Å². The molecule has 1 aromatic rings. The van der Waals surface area contributed by atoms with Crippen molar-refractivity contribution in [2.24, 2.45) is 0 Å². The summed E-state index contributed by atoms with van der Waals surface area (Å²) in [7, 11) is 0. The first-order valence-electron chi connectivity index (χ1n) is 3.68. The average Bonchev–Trinajstić information content (AvgIpc) is 2.34. The van der Waals surface area contributed by atoms with Gasteiger partial charge in [-0.25, -0.2) is 0 Å². The smallest absolute Gasteiger partial charge is 0.180 e. The predicted molar refractivity (Wildman–Crippen MR) is 48.7 cm³/mol. The van der Waals surface area contributed by atoms with E-state index in [0.29, 0.717) is 4.88 Å². The minimum Gasteiger partial charge on any atom is -0.300 e. The van der Waals surface area contributed by atoms with Gasteiger partial charge in [0.05, 0.1) is 11.3 Å². The number of Topliss-reactive ketones (excluding diaryl/α,β-unsaturated/α-hetero) is 2. The number of hydrogen-bond acceptors (Lipinski definition) is 3. The van der Waals surface area contributed by atoms with Crippen LogP contribution in [0, 0.1) is 6.92 Å². The molecule has 2 nitrogen and oxygen atoms in total. The van der Waals surface area contributed by atoms with Gasteiger partial charge >= 0.3 is 0 Å². The van der Waals surface area contributed by atoms with Gasteiger partial charge in [0, 0.05) is 4.88 Å². The Morgan fingerprint density at radius 3 is 2.50 bits per heavy atom. The van der Waals surface area contributed by atoms with E-state index < -0.39 is 0 Å². The third kappa shape index (κ3) is 2.27. The Morgan fingerprint density at radius 2 is 2.08 bits per heavy atom. The molecule has 0 amide bonds. The van der Waals surface area contributed by atoms with Gasteiger partial charge in [-0.3, -0.25) is 9.59 Å². The Bertz CT molecular complexity index is 312. The summed E-state index contributed by atoms with van der Waals surface area (Å²) in [6.45, 7) is 3.37. The highest BCUT2D eigenvalue weighted by Crippen LogP contribution is 2.16. The zero-order valence-corrected chi connectivity index (χ0v) is 7.90. The van der Waals surface area contributed by atoms with Crippen LogP contribution in [0.1, 0.15) is 27.9 Å². The van der Waals surface area contributed by atoms with E-state index in [1.54, 1.807) is 6.07 Å². The Morgan fingerprint density at radius 1 is 1.42 bits per heavy atom. The van der Waals surface area contributed by atoms with Crippen molar-refractivity contribution in [1.29, 1.82) is 0 Å². The van der Waals surface area contributed by atoms with Crippen LogP contribution in [0.15, 0.2) is 12.1 Å². The molecule has 0 aromatic carbocycles. The summed E-state index contributed by atoms with van der Waals surface area (Å²) in [5.41, 5.74) is 0. The lowest BCUT2D eigenvalue weighted by molar-refractivity contribution is -0.116. The summed E-state index contributed by atoms with van der Waals surface area (Å²) in [4.78, 5) is 23.7. The molecule has 3 heteroatoms. The van der Waals surface area contributed by atoms with E-state index in [9.17, 15) is 9.59 Å². The van der Waals surface area contributed by atoms with Crippen molar-refractivity contribution in [2.45, 2.75) is 20.3 Å². The molecule has 1 rings (SSSR count). The molecule has 0 spiro atoms. The minimum atomic E-state index is -0.0777. The monoisotopic (exact) mass is 182 g/mol. The first kappa shape index (κ1) is 9.13. The number of hydrogen-bond donors (Lipinski definition) is 0. The molecule has 0 aliphatic carbocycles. The van der Waals surface area contributed by atoms with Gasteiger partial charge in [0.2, 0.25) is 0 Å². The summed E-state index contributed by atoms with van der Waals surface area (Å²) in [5, 5.41) is 0. The van der Waals surface area contributed by atoms with Gasteiger partial charge in [-0.2, -0.15) is 0 Å². The van der Waals surface area contributed by atoms with E-state index in [2.05, 4.69) is 0 Å². The van der Waals surface area contributed by atoms with Crippen molar-refractivity contribution in [1.82, 2.24) is 0 Å². The average molecular weight is 182 g/mol. The van der Waals surface area contributed by atoms with E-state index in [0.717, 1.165) is 4.88 Å². The van der Waals surface area contributed by atoms with Crippen LogP contribution in [0.5, 0.6) is 0 Å². The minimum absolute atomic E-state index is 0.0277. The third-order valence-electron chi connectivity index (χ3n) is 1.42. The lowest BCUT2D eigenvalue weighted by Crippen LogP contribution is -2.02. The van der Waals surface area contributed by atoms with E-state index in [4.69, 9.17) is 0 Å². The molecule has 0 bridgehead atoms. The summed E-state index contributed by atoms with van der Waals surface area (Å²) < 4.78 is 0. The van der Waals surface area contributed by atoms with Gasteiger partial charge < -0.3 is 0 Å². The van der Waals surface area contributed by atoms with Gasteiger partial charge in [-0.05, 0) is 26.0 Å². The molecule has 0 aliphatic rings. The van der Waals surface area contributed by atoms with Crippen LogP contribution in [0.4, 0.5) is 0 Å². The zero-order chi connectivity index (χ0) is 9.14. The van der Waals surface area contributed by atoms with Crippen LogP contribution in [0.25, 0.3) is 0 Å². The number of carbonyl (C=O) groups is 2. The molecule has 0 aliphatic heterocycles. The maximum absolute atomic E-state index is 11.3. The molecule has 64 valence electrons. The summed E-state index contributed by atoms with van der Waals surface area (Å²) in [6.07, 6.45) is 0.0277. The fourth-order valence-electron chi connectivity index (χ4n) is 0.898. The highest BCUT2D eigenvalue weighted by Gasteiger charge is 2.09. The van der Waals surface area contributed by atoms with Crippen LogP contribution >= 0.6 is 11.3 Å². The largest absolute Gasteiger partial charge is 0.300 e. The van der Waals surface area contributed by atoms with Gasteiger partial charge in [0.15, 0.2) is 5.78 Å². The highest BCUT2D eigenvalue weighted by atomic mass is 32.1. The standard InChI is InChI=1S/C9H10O2S/c1-6(10)5-8(11)9-4-3-7(2)12-9/h3-4H,5H2,1-2H3. The van der Waals surface area contributed by atoms with Gasteiger partial charge in [0.25, 0.3) is 0 Å². The first-order valence-corrected chi connectivity index (χ1v) is 4.50. The molecule has 0 saturated carbocycles. The Kier molecular flexibility index (Phi) is 2.76. The Balaban J connectivity index is 2.72. The Labute approximate surface area is 75.2 Å². The molecular formula is C9H10O2S. The van der Waals surface area contributed by atoms with Gasteiger partial charge in [0.1, 0.15) is 5.78 Å². The maximum atomic E-state index is 11.3. The van der Waals surface area contributed by atoms with Crippen molar-refractivity contribution in [2.75, 3.05) is 0 Å². The second-order valence-electron chi connectivity index (χ2n) is 2.71. The van der Waals surface area contributed by atoms with E-state index in [1.165, 1.54) is 18.3 Å². The van der Waals surface area contributed by atoms with Crippen LogP contribution in [-0.4, -0.2) is 11.6 Å². The number of thiophene rings is 1. The van der Waals surface area contributed by atoms with Gasteiger partial charge in [-0.1, -0.05) is 0 Å². The van der Waals surface area contributed by atoms with Gasteiger partial charge in [-0.15, -0.1) is 11.3 Å². The van der Waals surface area contributed by atoms with Crippen molar-refractivity contribution < 1.29 is 9.59 Å². The summed E-state index contributed by atoms with van der Waals surface area (Å²) in [5.74, 6) is -0.147. The number of carbonyl (C=O) groups excluding carboxylic acids is 2. The lowest BCUT2D eigenvalue weighted by atomic mass is 10.2. The number of rotatable bonds is 3. The fraction of sp³-hybridized carbons (Fsp3) is 0.333. The van der Waals surface area contributed by atoms with Crippen LogP contribution in [0.2, 0.25) is 0 Å². The second-order valence-corrected chi connectivity index (χ2v) is 4.00. The summed E-state index contributed by atoms with van der Waals surface area (Å²) >= 11 is 1.44. The molecule has 0 atom stereocenters. The van der Waals surface area contributed by atoms with E-state index >= 15 is 0 Å². The highest BCUT2D eigenvalue weighted by molar-refractivity contribution is 7.14. The summed E-state index contributed by atoms with van der Waals surface area (Å²) in [6, 6.07) is 3.66. The quantitative estimate of drug-likeness (QED) is 0.530. The normalized spacial score (nSPS) is 9.83. The number of ketones is 2. The molecule has 12 heavy (non-hydrogen) atoms. The lowest BCUT2D eigenvalue weighted by Gasteiger charge is -1.91. The molecule has 0 radical (unpaired) electrons. The fourth-order valence-corrected chi connectivity index (χ4v) is 1.70. The second kappa shape index (κ2) is 3.63. The molecule has 0 saturated heterocycles. The molecule has 1 aromatic heterocycles. The van der Waals surface area contributed by atoms with Crippen molar-refractivity contribution in [3.05, 3.63) is 21.9 Å². The van der Waals surface area contributed by atoms with Crippen molar-refractivity contribution in [3.63, 3.8) is 0 Å². The molecular weight excluding hydrogens is 172 g/mol.